The van der Waals surface area contributed by atoms with Gasteiger partial charge in [-0.3, -0.25) is 4.79 Å². The van der Waals surface area contributed by atoms with Gasteiger partial charge in [-0.25, -0.2) is 4.98 Å². The Hall–Kier alpha value is -3.99. The van der Waals surface area contributed by atoms with Gasteiger partial charge >= 0.3 is 0 Å². The molecule has 0 fully saturated rings. The molecule has 0 aliphatic carbocycles. The van der Waals surface area contributed by atoms with Crippen LogP contribution in [0.5, 0.6) is 0 Å². The second-order valence-electron chi connectivity index (χ2n) is 7.24. The van der Waals surface area contributed by atoms with Gasteiger partial charge in [-0.1, -0.05) is 59.4 Å². The van der Waals surface area contributed by atoms with Gasteiger partial charge in [0.1, 0.15) is 5.82 Å². The minimum Gasteiger partial charge on any atom is -0.355 e. The third kappa shape index (κ3) is 4.62. The van der Waals surface area contributed by atoms with Crippen molar-refractivity contribution in [3.8, 4) is 23.1 Å². The molecule has 0 saturated carbocycles. The molecule has 33 heavy (non-hydrogen) atoms. The summed E-state index contributed by atoms with van der Waals surface area (Å²) in [5.74, 6) is 2.15. The van der Waals surface area contributed by atoms with Gasteiger partial charge in [0.25, 0.3) is 5.89 Å². The van der Waals surface area contributed by atoms with Crippen LogP contribution < -0.4 is 5.32 Å². The van der Waals surface area contributed by atoms with Crippen LogP contribution in [0, 0.1) is 0 Å². The molecule has 5 rings (SSSR count). The molecule has 0 saturated heterocycles. The summed E-state index contributed by atoms with van der Waals surface area (Å²) >= 11 is 1.29. The topological polar surface area (TPSA) is 127 Å². The van der Waals surface area contributed by atoms with Crippen molar-refractivity contribution in [2.24, 2.45) is 7.05 Å². The number of H-pyrrole nitrogens is 1. The number of carbonyl (C=O) groups excluding carboxylic acids is 1. The number of amides is 1. The molecule has 5 aromatic rings. The van der Waals surface area contributed by atoms with Crippen molar-refractivity contribution in [2.75, 3.05) is 12.3 Å². The summed E-state index contributed by atoms with van der Waals surface area (Å²) in [5, 5.41) is 15.8. The highest BCUT2D eigenvalue weighted by atomic mass is 32.2. The highest BCUT2D eigenvalue weighted by Gasteiger charge is 2.19. The Morgan fingerprint density at radius 2 is 1.91 bits per heavy atom. The van der Waals surface area contributed by atoms with Gasteiger partial charge in [-0.2, -0.15) is 4.98 Å². The van der Waals surface area contributed by atoms with Crippen LogP contribution in [-0.2, 0) is 18.3 Å². The minimum absolute atomic E-state index is 0.0928. The maximum Gasteiger partial charge on any atom is 0.296 e. The number of rotatable bonds is 8. The van der Waals surface area contributed by atoms with E-state index in [1.165, 1.54) is 11.8 Å². The Bertz CT molecular complexity index is 1360. The maximum atomic E-state index is 12.3. The van der Waals surface area contributed by atoms with Crippen molar-refractivity contribution < 1.29 is 9.32 Å². The fourth-order valence-corrected chi connectivity index (χ4v) is 4.01. The molecule has 2 aromatic carbocycles. The first kappa shape index (κ1) is 20.9. The lowest BCUT2D eigenvalue weighted by molar-refractivity contribution is -0.118. The number of thioether (sulfide) groups is 1. The Morgan fingerprint density at radius 3 is 2.76 bits per heavy atom. The first-order valence-corrected chi connectivity index (χ1v) is 11.3. The Labute approximate surface area is 192 Å². The molecule has 0 aliphatic heterocycles. The van der Waals surface area contributed by atoms with E-state index < -0.39 is 0 Å². The number of nitrogens with zero attached hydrogens (tertiary/aromatic N) is 6. The van der Waals surface area contributed by atoms with Crippen molar-refractivity contribution in [1.82, 2.24) is 40.2 Å². The fraction of sp³-hybridized carbons (Fsp3) is 0.182. The van der Waals surface area contributed by atoms with Crippen LogP contribution in [0.3, 0.4) is 0 Å². The minimum atomic E-state index is -0.0928. The lowest BCUT2D eigenvalue weighted by Crippen LogP contribution is -2.27. The molecular formula is C22H20N8O2S. The summed E-state index contributed by atoms with van der Waals surface area (Å²) in [5.41, 5.74) is 2.76. The molecular weight excluding hydrogens is 440 g/mol. The number of nitrogens with one attached hydrogen (secondary N) is 2. The van der Waals surface area contributed by atoms with Crippen LogP contribution in [0.2, 0.25) is 0 Å². The second-order valence-corrected chi connectivity index (χ2v) is 8.19. The van der Waals surface area contributed by atoms with E-state index in [0.29, 0.717) is 29.8 Å². The SMILES string of the molecule is Cn1c(SCC(=O)NCCc2nc3ccccc3[nH]2)nnc1-c1nc(-c2ccccc2)no1. The van der Waals surface area contributed by atoms with Crippen molar-refractivity contribution in [2.45, 2.75) is 11.6 Å². The van der Waals surface area contributed by atoms with Crippen LogP contribution in [0.4, 0.5) is 0 Å². The van der Waals surface area contributed by atoms with Gasteiger partial charge in [0.15, 0.2) is 5.16 Å². The van der Waals surface area contributed by atoms with E-state index >= 15 is 0 Å². The normalized spacial score (nSPS) is 11.2. The predicted octanol–water partition coefficient (Wildman–Crippen LogP) is 2.86. The Morgan fingerprint density at radius 1 is 1.09 bits per heavy atom. The van der Waals surface area contributed by atoms with E-state index in [2.05, 4.69) is 35.6 Å². The monoisotopic (exact) mass is 460 g/mol. The van der Waals surface area contributed by atoms with E-state index in [-0.39, 0.29) is 17.6 Å². The third-order valence-electron chi connectivity index (χ3n) is 4.94. The van der Waals surface area contributed by atoms with E-state index in [1.807, 2.05) is 54.6 Å². The zero-order valence-electron chi connectivity index (χ0n) is 17.7. The third-order valence-corrected chi connectivity index (χ3v) is 5.96. The van der Waals surface area contributed by atoms with Crippen LogP contribution in [-0.4, -0.2) is 53.1 Å². The fourth-order valence-electron chi connectivity index (χ4n) is 3.27. The lowest BCUT2D eigenvalue weighted by Gasteiger charge is -2.04. The number of carbonyl (C=O) groups is 1. The number of imidazole rings is 1. The first-order chi connectivity index (χ1) is 16.2. The molecule has 0 atom stereocenters. The standard InChI is InChI=1S/C22H20N8O2S/c1-30-20(21-26-19(29-32-21)14-7-3-2-4-8-14)27-28-22(30)33-13-18(31)23-12-11-17-24-15-9-5-6-10-16(15)25-17/h2-10H,11-13H2,1H3,(H,23,31)(H,24,25). The summed E-state index contributed by atoms with van der Waals surface area (Å²) in [7, 11) is 1.80. The summed E-state index contributed by atoms with van der Waals surface area (Å²) in [6.45, 7) is 0.494. The molecule has 11 heteroatoms. The zero-order chi connectivity index (χ0) is 22.6. The Balaban J connectivity index is 1.14. The molecule has 3 aromatic heterocycles. The second kappa shape index (κ2) is 9.25. The van der Waals surface area contributed by atoms with Crippen molar-refractivity contribution in [1.29, 1.82) is 0 Å². The van der Waals surface area contributed by atoms with Gasteiger partial charge in [-0.15, -0.1) is 10.2 Å². The summed E-state index contributed by atoms with van der Waals surface area (Å²) < 4.78 is 7.09. The molecule has 2 N–H and O–H groups in total. The van der Waals surface area contributed by atoms with E-state index in [9.17, 15) is 4.79 Å². The number of aromatic nitrogens is 7. The number of aromatic amines is 1. The number of hydrogen-bond acceptors (Lipinski definition) is 8. The molecule has 0 aliphatic rings. The largest absolute Gasteiger partial charge is 0.355 e. The molecule has 0 bridgehead atoms. The molecule has 10 nitrogen and oxygen atoms in total. The van der Waals surface area contributed by atoms with Crippen molar-refractivity contribution in [3.05, 3.63) is 60.4 Å². The van der Waals surface area contributed by atoms with Crippen LogP contribution in [0.25, 0.3) is 34.1 Å². The summed E-state index contributed by atoms with van der Waals surface area (Å²) in [6, 6.07) is 17.4. The van der Waals surface area contributed by atoms with Gasteiger partial charge in [0.05, 0.1) is 16.8 Å². The van der Waals surface area contributed by atoms with Crippen LogP contribution in [0.1, 0.15) is 5.82 Å². The number of fused-ring (bicyclic) bond motifs is 1. The average Bonchev–Trinajstić information content (AvgIpc) is 3.56. The Kier molecular flexibility index (Phi) is 5.85. The smallest absolute Gasteiger partial charge is 0.296 e. The average molecular weight is 461 g/mol. The zero-order valence-corrected chi connectivity index (χ0v) is 18.5. The van der Waals surface area contributed by atoms with Crippen LogP contribution in [0.15, 0.2) is 64.3 Å². The summed E-state index contributed by atoms with van der Waals surface area (Å²) in [4.78, 5) is 24.4. The van der Waals surface area contributed by atoms with E-state index in [1.54, 1.807) is 11.6 Å². The van der Waals surface area contributed by atoms with Gasteiger partial charge < -0.3 is 19.4 Å². The molecule has 0 radical (unpaired) electrons. The highest BCUT2D eigenvalue weighted by Crippen LogP contribution is 2.24. The number of hydrogen-bond donors (Lipinski definition) is 2. The highest BCUT2D eigenvalue weighted by molar-refractivity contribution is 7.99. The maximum absolute atomic E-state index is 12.3. The van der Waals surface area contributed by atoms with Gasteiger partial charge in [0.2, 0.25) is 17.6 Å². The summed E-state index contributed by atoms with van der Waals surface area (Å²) in [6.07, 6.45) is 0.625. The quantitative estimate of drug-likeness (QED) is 0.338. The number of benzene rings is 2. The van der Waals surface area contributed by atoms with Crippen molar-refractivity contribution in [3.63, 3.8) is 0 Å². The van der Waals surface area contributed by atoms with Crippen LogP contribution >= 0.6 is 11.8 Å². The van der Waals surface area contributed by atoms with Gasteiger partial charge in [-0.05, 0) is 12.1 Å². The molecule has 0 spiro atoms. The predicted molar refractivity (Wildman–Crippen MR) is 123 cm³/mol. The van der Waals surface area contributed by atoms with E-state index in [4.69, 9.17) is 4.52 Å². The van der Waals surface area contributed by atoms with E-state index in [0.717, 1.165) is 22.4 Å². The molecule has 3 heterocycles. The number of para-hydroxylation sites is 2. The first-order valence-electron chi connectivity index (χ1n) is 10.3. The molecule has 0 unspecified atom stereocenters. The molecule has 166 valence electrons. The molecule has 1 amide bonds. The van der Waals surface area contributed by atoms with Crippen molar-refractivity contribution >= 4 is 28.7 Å². The lowest BCUT2D eigenvalue weighted by atomic mass is 10.2. The van der Waals surface area contributed by atoms with Gasteiger partial charge in [0, 0.05) is 25.6 Å².